The number of carbonyl (C=O) groups excluding carboxylic acids is 2. The van der Waals surface area contributed by atoms with E-state index < -0.39 is 34.9 Å². The van der Waals surface area contributed by atoms with Gasteiger partial charge in [-0.05, 0) is 25.3 Å². The highest BCUT2D eigenvalue weighted by atomic mass is 32.2. The Bertz CT molecular complexity index is 623. The number of hydrogen-bond donors (Lipinski definition) is 0. The maximum absolute atomic E-state index is 12.9. The highest BCUT2D eigenvalue weighted by Crippen LogP contribution is 2.42. The van der Waals surface area contributed by atoms with E-state index in [2.05, 4.69) is 4.99 Å². The fourth-order valence-corrected chi connectivity index (χ4v) is 2.75. The fourth-order valence-electron chi connectivity index (χ4n) is 2.06. The van der Waals surface area contributed by atoms with Gasteiger partial charge in [0, 0.05) is 5.56 Å². The topological polar surface area (TPSA) is 46.5 Å². The minimum atomic E-state index is -4.60. The summed E-state index contributed by atoms with van der Waals surface area (Å²) >= 11 is 1.01. The van der Waals surface area contributed by atoms with Crippen molar-refractivity contribution in [2.75, 3.05) is 6.26 Å². The molecule has 1 heterocycles. The Labute approximate surface area is 117 Å². The number of nitrogens with zero attached hydrogens (tertiary/aromatic N) is 1. The zero-order chi connectivity index (χ0) is 15.1. The van der Waals surface area contributed by atoms with Crippen LogP contribution in [0.3, 0.4) is 0 Å². The number of fused-ring (bicyclic) bond motifs is 1. The Morgan fingerprint density at radius 2 is 2.00 bits per heavy atom. The van der Waals surface area contributed by atoms with E-state index in [1.807, 2.05) is 0 Å². The van der Waals surface area contributed by atoms with Gasteiger partial charge in [0.1, 0.15) is 11.7 Å². The van der Waals surface area contributed by atoms with E-state index in [0.717, 1.165) is 23.9 Å². The van der Waals surface area contributed by atoms with Crippen LogP contribution in [0, 0.1) is 5.92 Å². The molecule has 1 aromatic rings. The van der Waals surface area contributed by atoms with Gasteiger partial charge in [-0.25, -0.2) is 4.99 Å². The predicted molar refractivity (Wildman–Crippen MR) is 70.6 cm³/mol. The van der Waals surface area contributed by atoms with Crippen LogP contribution in [-0.2, 0) is 11.0 Å². The van der Waals surface area contributed by atoms with Crippen molar-refractivity contribution < 1.29 is 22.8 Å². The molecule has 0 N–H and O–H groups in total. The fraction of sp³-hybridized carbons (Fsp3) is 0.308. The van der Waals surface area contributed by atoms with Gasteiger partial charge in [0.05, 0.1) is 16.3 Å². The second-order valence-corrected chi connectivity index (χ2v) is 5.09. The van der Waals surface area contributed by atoms with Crippen LogP contribution in [0.4, 0.5) is 18.9 Å². The summed E-state index contributed by atoms with van der Waals surface area (Å²) in [5.74, 6) is -2.15. The van der Waals surface area contributed by atoms with Gasteiger partial charge in [0.25, 0.3) is 0 Å². The number of hydrogen-bond acceptors (Lipinski definition) is 4. The Morgan fingerprint density at radius 1 is 1.35 bits per heavy atom. The van der Waals surface area contributed by atoms with Crippen molar-refractivity contribution in [2.45, 2.75) is 13.1 Å². The molecule has 0 fully saturated rings. The summed E-state index contributed by atoms with van der Waals surface area (Å²) < 4.78 is 38.8. The molecule has 0 aliphatic carbocycles. The second-order valence-electron chi connectivity index (χ2n) is 4.26. The van der Waals surface area contributed by atoms with Crippen molar-refractivity contribution in [1.29, 1.82) is 0 Å². The lowest BCUT2D eigenvalue weighted by Gasteiger charge is -2.22. The van der Waals surface area contributed by atoms with Crippen molar-refractivity contribution in [3.63, 3.8) is 0 Å². The molecule has 3 nitrogen and oxygen atoms in total. The number of halogens is 3. The van der Waals surface area contributed by atoms with Crippen LogP contribution in [0.1, 0.15) is 22.8 Å². The van der Waals surface area contributed by atoms with Crippen LogP contribution in [0.2, 0.25) is 0 Å². The van der Waals surface area contributed by atoms with E-state index in [-0.39, 0.29) is 10.6 Å². The molecule has 1 aliphatic rings. The molecular formula is C13H10F3NO2S. The lowest BCUT2D eigenvalue weighted by atomic mass is 9.90. The smallest absolute Gasteiger partial charge is 0.299 e. The van der Waals surface area contributed by atoms with E-state index in [4.69, 9.17) is 0 Å². The van der Waals surface area contributed by atoms with Crippen LogP contribution in [0.15, 0.2) is 23.2 Å². The normalized spacial score (nSPS) is 18.6. The first kappa shape index (κ1) is 14.8. The van der Waals surface area contributed by atoms with Crippen LogP contribution < -0.4 is 0 Å². The number of alkyl halides is 3. The summed E-state index contributed by atoms with van der Waals surface area (Å²) in [7, 11) is 0. The summed E-state index contributed by atoms with van der Waals surface area (Å²) in [5.41, 5.74) is -1.51. The molecule has 0 saturated carbocycles. The largest absolute Gasteiger partial charge is 0.418 e. The monoisotopic (exact) mass is 301 g/mol. The van der Waals surface area contributed by atoms with Gasteiger partial charge in [-0.15, -0.1) is 11.8 Å². The van der Waals surface area contributed by atoms with Gasteiger partial charge in [0.15, 0.2) is 5.78 Å². The molecule has 0 aromatic heterocycles. The van der Waals surface area contributed by atoms with E-state index >= 15 is 0 Å². The number of Topliss-reactive ketones (excluding diaryl/α,β-unsaturated/α-hetero) is 2. The number of ketones is 2. The number of rotatable bonds is 1. The zero-order valence-corrected chi connectivity index (χ0v) is 11.4. The standard InChI is InChI=1S/C13H10F3NO2S/c1-6(18)9-11(19)7-4-3-5-8(13(14,15)16)10(7)17-12(9)20-2/h3-5,9H,1-2H3. The van der Waals surface area contributed by atoms with Crippen molar-refractivity contribution in [1.82, 2.24) is 0 Å². The number of aliphatic imine (C=N–C) groups is 1. The summed E-state index contributed by atoms with van der Waals surface area (Å²) in [5, 5.41) is 0.103. The molecule has 20 heavy (non-hydrogen) atoms. The number of carbonyl (C=O) groups is 2. The van der Waals surface area contributed by atoms with Gasteiger partial charge in [-0.2, -0.15) is 13.2 Å². The zero-order valence-electron chi connectivity index (χ0n) is 10.6. The molecule has 1 aliphatic heterocycles. The van der Waals surface area contributed by atoms with Crippen LogP contribution in [-0.4, -0.2) is 22.9 Å². The second kappa shape index (κ2) is 5.05. The third kappa shape index (κ3) is 2.37. The van der Waals surface area contributed by atoms with Crippen molar-refractivity contribution >= 4 is 34.1 Å². The number of benzene rings is 1. The van der Waals surface area contributed by atoms with Crippen molar-refractivity contribution in [3.05, 3.63) is 29.3 Å². The first-order valence-corrected chi connectivity index (χ1v) is 6.87. The van der Waals surface area contributed by atoms with Gasteiger partial charge in [-0.3, -0.25) is 9.59 Å². The Kier molecular flexibility index (Phi) is 3.73. The van der Waals surface area contributed by atoms with E-state index in [9.17, 15) is 22.8 Å². The Morgan fingerprint density at radius 3 is 2.50 bits per heavy atom. The van der Waals surface area contributed by atoms with Gasteiger partial charge in [-0.1, -0.05) is 6.07 Å². The molecule has 1 aromatic carbocycles. The average molecular weight is 301 g/mol. The third-order valence-electron chi connectivity index (χ3n) is 2.95. The maximum Gasteiger partial charge on any atom is 0.418 e. The van der Waals surface area contributed by atoms with Crippen LogP contribution >= 0.6 is 11.8 Å². The van der Waals surface area contributed by atoms with Crippen LogP contribution in [0.25, 0.3) is 0 Å². The molecule has 1 unspecified atom stereocenters. The molecule has 0 bridgehead atoms. The molecule has 1 atom stereocenters. The molecule has 0 amide bonds. The quantitative estimate of drug-likeness (QED) is 0.746. The summed E-state index contributed by atoms with van der Waals surface area (Å²) in [6.45, 7) is 1.23. The molecule has 106 valence electrons. The molecule has 7 heteroatoms. The molecule has 0 saturated heterocycles. The lowest BCUT2D eigenvalue weighted by molar-refractivity contribution is -0.137. The van der Waals surface area contributed by atoms with Gasteiger partial charge in [0.2, 0.25) is 0 Å². The average Bonchev–Trinajstić information content (AvgIpc) is 2.36. The Balaban J connectivity index is 2.71. The molecule has 0 spiro atoms. The predicted octanol–water partition coefficient (Wildman–Crippen LogP) is 3.50. The maximum atomic E-state index is 12.9. The van der Waals surface area contributed by atoms with Crippen molar-refractivity contribution in [3.8, 4) is 0 Å². The summed E-state index contributed by atoms with van der Waals surface area (Å²) in [6, 6.07) is 3.29. The van der Waals surface area contributed by atoms with Crippen molar-refractivity contribution in [2.24, 2.45) is 10.9 Å². The van der Waals surface area contributed by atoms with E-state index in [1.165, 1.54) is 13.0 Å². The highest BCUT2D eigenvalue weighted by Gasteiger charge is 2.40. The first-order valence-electron chi connectivity index (χ1n) is 5.64. The molecule has 0 radical (unpaired) electrons. The third-order valence-corrected chi connectivity index (χ3v) is 3.70. The summed E-state index contributed by atoms with van der Waals surface area (Å²) in [4.78, 5) is 27.7. The van der Waals surface area contributed by atoms with E-state index in [0.29, 0.717) is 0 Å². The number of thioether (sulfide) groups is 1. The highest BCUT2D eigenvalue weighted by molar-refractivity contribution is 8.13. The molecular weight excluding hydrogens is 291 g/mol. The minimum absolute atomic E-state index is 0.103. The van der Waals surface area contributed by atoms with Crippen LogP contribution in [0.5, 0.6) is 0 Å². The molecule has 2 rings (SSSR count). The van der Waals surface area contributed by atoms with Gasteiger partial charge < -0.3 is 0 Å². The summed E-state index contributed by atoms with van der Waals surface area (Å²) in [6.07, 6.45) is -3.02. The Hall–Kier alpha value is -1.63. The first-order chi connectivity index (χ1) is 9.27. The number of para-hydroxylation sites is 1. The SMILES string of the molecule is CSC1=Nc2c(cccc2C(F)(F)F)C(=O)C1C(C)=O. The van der Waals surface area contributed by atoms with Gasteiger partial charge >= 0.3 is 6.18 Å². The minimum Gasteiger partial charge on any atom is -0.299 e. The van der Waals surface area contributed by atoms with E-state index in [1.54, 1.807) is 6.26 Å². The lowest BCUT2D eigenvalue weighted by Crippen LogP contribution is -2.31.